The topological polar surface area (TPSA) is 84.2 Å². The van der Waals surface area contributed by atoms with Gasteiger partial charge in [0.2, 0.25) is 10.0 Å². The van der Waals surface area contributed by atoms with Crippen LogP contribution < -0.4 is 4.72 Å². The average molecular weight is 275 g/mol. The first-order valence-electron chi connectivity index (χ1n) is 6.08. The van der Waals surface area contributed by atoms with E-state index in [4.69, 9.17) is 5.11 Å². The smallest absolute Gasteiger partial charge is 0.243 e. The van der Waals surface area contributed by atoms with Crippen molar-refractivity contribution in [2.45, 2.75) is 38.1 Å². The summed E-state index contributed by atoms with van der Waals surface area (Å²) >= 11 is 0. The van der Waals surface area contributed by atoms with E-state index in [1.807, 2.05) is 13.8 Å². The molecule has 0 bridgehead atoms. The molecule has 18 heavy (non-hydrogen) atoms. The van der Waals surface area contributed by atoms with Crippen molar-refractivity contribution in [1.82, 2.24) is 14.5 Å². The van der Waals surface area contributed by atoms with Gasteiger partial charge in [-0.3, -0.25) is 4.68 Å². The van der Waals surface area contributed by atoms with E-state index in [0.29, 0.717) is 25.4 Å². The van der Waals surface area contributed by atoms with E-state index in [2.05, 4.69) is 9.82 Å². The Labute approximate surface area is 108 Å². The molecule has 0 spiro atoms. The molecule has 2 N–H and O–H groups in total. The second-order valence-corrected chi connectivity index (χ2v) is 6.36. The van der Waals surface area contributed by atoms with E-state index in [9.17, 15) is 8.42 Å². The Morgan fingerprint density at radius 2 is 2.22 bits per heavy atom. The molecule has 0 atom stereocenters. The Morgan fingerprint density at radius 1 is 1.50 bits per heavy atom. The molecule has 1 aromatic rings. The minimum absolute atomic E-state index is 0.0641. The lowest BCUT2D eigenvalue weighted by atomic mass is 10.1. The van der Waals surface area contributed by atoms with E-state index in [0.717, 1.165) is 6.42 Å². The number of hydrogen-bond donors (Lipinski definition) is 2. The molecule has 6 nitrogen and oxygen atoms in total. The van der Waals surface area contributed by atoms with Crippen LogP contribution in [-0.2, 0) is 16.6 Å². The third kappa shape index (κ3) is 4.75. The molecular weight excluding hydrogens is 254 g/mol. The number of hydrogen-bond acceptors (Lipinski definition) is 4. The molecule has 7 heteroatoms. The molecule has 1 aromatic heterocycles. The summed E-state index contributed by atoms with van der Waals surface area (Å²) in [6.07, 6.45) is 4.17. The van der Waals surface area contributed by atoms with Crippen molar-refractivity contribution in [1.29, 1.82) is 0 Å². The summed E-state index contributed by atoms with van der Waals surface area (Å²) in [7, 11) is -3.46. The van der Waals surface area contributed by atoms with Gasteiger partial charge < -0.3 is 5.11 Å². The first-order chi connectivity index (χ1) is 8.45. The van der Waals surface area contributed by atoms with Crippen molar-refractivity contribution in [3.8, 4) is 0 Å². The van der Waals surface area contributed by atoms with Crippen LogP contribution in [0.25, 0.3) is 0 Å². The highest BCUT2D eigenvalue weighted by Gasteiger charge is 2.15. The van der Waals surface area contributed by atoms with E-state index < -0.39 is 10.0 Å². The van der Waals surface area contributed by atoms with Gasteiger partial charge in [0.1, 0.15) is 4.90 Å². The number of aromatic nitrogens is 2. The first kappa shape index (κ1) is 15.1. The van der Waals surface area contributed by atoms with Crippen molar-refractivity contribution >= 4 is 10.0 Å². The van der Waals surface area contributed by atoms with Gasteiger partial charge in [0.05, 0.1) is 6.20 Å². The Morgan fingerprint density at radius 3 is 2.83 bits per heavy atom. The number of aryl methyl sites for hydroxylation is 1. The molecule has 104 valence electrons. The Balaban J connectivity index is 2.58. The van der Waals surface area contributed by atoms with Gasteiger partial charge in [0, 0.05) is 25.9 Å². The van der Waals surface area contributed by atoms with E-state index in [-0.39, 0.29) is 11.5 Å². The van der Waals surface area contributed by atoms with Crippen LogP contribution in [0.2, 0.25) is 0 Å². The minimum atomic E-state index is -3.46. The van der Waals surface area contributed by atoms with Gasteiger partial charge in [-0.2, -0.15) is 5.10 Å². The molecule has 0 fully saturated rings. The lowest BCUT2D eigenvalue weighted by Gasteiger charge is -2.06. The second kappa shape index (κ2) is 6.86. The lowest BCUT2D eigenvalue weighted by molar-refractivity contribution is 0.277. The fourth-order valence-electron chi connectivity index (χ4n) is 1.40. The number of nitrogens with zero attached hydrogens (tertiary/aromatic N) is 2. The predicted molar refractivity (Wildman–Crippen MR) is 68.6 cm³/mol. The summed E-state index contributed by atoms with van der Waals surface area (Å²) in [4.78, 5) is 0.171. The Hall–Kier alpha value is -0.920. The fourth-order valence-corrected chi connectivity index (χ4v) is 2.40. The van der Waals surface area contributed by atoms with Crippen molar-refractivity contribution in [3.63, 3.8) is 0 Å². The fraction of sp³-hybridized carbons (Fsp3) is 0.727. The summed E-state index contributed by atoms with van der Waals surface area (Å²) in [5.74, 6) is 0.458. The summed E-state index contributed by atoms with van der Waals surface area (Å²) in [5, 5.41) is 12.6. The molecular formula is C11H21N3O3S. The van der Waals surface area contributed by atoms with E-state index in [1.165, 1.54) is 17.1 Å². The van der Waals surface area contributed by atoms with Crippen molar-refractivity contribution in [2.75, 3.05) is 13.2 Å². The molecule has 0 aromatic carbocycles. The number of aliphatic hydroxyl groups excluding tert-OH is 1. The van der Waals surface area contributed by atoms with Crippen LogP contribution in [0.3, 0.4) is 0 Å². The van der Waals surface area contributed by atoms with Gasteiger partial charge in [0.25, 0.3) is 0 Å². The molecule has 0 aliphatic carbocycles. The zero-order valence-electron chi connectivity index (χ0n) is 10.8. The highest BCUT2D eigenvalue weighted by molar-refractivity contribution is 7.89. The van der Waals surface area contributed by atoms with E-state index >= 15 is 0 Å². The molecule has 1 rings (SSSR count). The minimum Gasteiger partial charge on any atom is -0.396 e. The molecule has 0 radical (unpaired) electrons. The van der Waals surface area contributed by atoms with Gasteiger partial charge in [0.15, 0.2) is 0 Å². The number of nitrogens with one attached hydrogen (secondary N) is 1. The number of sulfonamides is 1. The molecule has 0 aliphatic heterocycles. The molecule has 0 unspecified atom stereocenters. The van der Waals surface area contributed by atoms with Crippen LogP contribution >= 0.6 is 0 Å². The third-order valence-electron chi connectivity index (χ3n) is 2.48. The zero-order valence-corrected chi connectivity index (χ0v) is 11.7. The van der Waals surface area contributed by atoms with Crippen LogP contribution in [0, 0.1) is 5.92 Å². The average Bonchev–Trinajstić information content (AvgIpc) is 2.74. The zero-order chi connectivity index (χ0) is 13.6. The largest absolute Gasteiger partial charge is 0.396 e. The van der Waals surface area contributed by atoms with E-state index in [1.54, 1.807) is 0 Å². The van der Waals surface area contributed by atoms with Crippen molar-refractivity contribution in [3.05, 3.63) is 12.4 Å². The highest BCUT2D eigenvalue weighted by Crippen LogP contribution is 2.08. The SMILES string of the molecule is CC(C)CCNS(=O)(=O)c1cnn(CCCO)c1. The van der Waals surface area contributed by atoms with Gasteiger partial charge in [-0.05, 0) is 18.8 Å². The van der Waals surface area contributed by atoms with Crippen molar-refractivity contribution < 1.29 is 13.5 Å². The van der Waals surface area contributed by atoms with Crippen molar-refractivity contribution in [2.24, 2.45) is 5.92 Å². The summed E-state index contributed by atoms with van der Waals surface area (Å²) in [6, 6.07) is 0. The second-order valence-electron chi connectivity index (χ2n) is 4.60. The first-order valence-corrected chi connectivity index (χ1v) is 7.57. The van der Waals surface area contributed by atoms with Crippen LogP contribution in [0.1, 0.15) is 26.7 Å². The molecule has 0 amide bonds. The maximum absolute atomic E-state index is 11.9. The molecule has 0 saturated heterocycles. The lowest BCUT2D eigenvalue weighted by Crippen LogP contribution is -2.25. The maximum Gasteiger partial charge on any atom is 0.243 e. The molecule has 0 aliphatic rings. The normalized spacial score (nSPS) is 12.2. The molecule has 1 heterocycles. The molecule has 0 saturated carbocycles. The quantitative estimate of drug-likeness (QED) is 0.727. The van der Waals surface area contributed by atoms with Gasteiger partial charge >= 0.3 is 0 Å². The number of aliphatic hydroxyl groups is 1. The van der Waals surface area contributed by atoms with Gasteiger partial charge in [-0.15, -0.1) is 0 Å². The van der Waals surface area contributed by atoms with Crippen LogP contribution in [0.15, 0.2) is 17.3 Å². The third-order valence-corrected chi connectivity index (χ3v) is 3.89. The van der Waals surface area contributed by atoms with Crippen LogP contribution in [0.5, 0.6) is 0 Å². The summed E-state index contributed by atoms with van der Waals surface area (Å²) < 4.78 is 27.8. The summed E-state index contributed by atoms with van der Waals surface area (Å²) in [5.41, 5.74) is 0. The monoisotopic (exact) mass is 275 g/mol. The highest BCUT2D eigenvalue weighted by atomic mass is 32.2. The Kier molecular flexibility index (Phi) is 5.77. The standard InChI is InChI=1S/C11H21N3O3S/c1-10(2)4-5-13-18(16,17)11-8-12-14(9-11)6-3-7-15/h8-10,13,15H,3-7H2,1-2H3. The number of rotatable bonds is 8. The van der Waals surface area contributed by atoms with Gasteiger partial charge in [-0.25, -0.2) is 13.1 Å². The Bertz CT molecular complexity index is 454. The van der Waals surface area contributed by atoms with Gasteiger partial charge in [-0.1, -0.05) is 13.8 Å². The van der Waals surface area contributed by atoms with Crippen LogP contribution in [-0.4, -0.2) is 36.5 Å². The summed E-state index contributed by atoms with van der Waals surface area (Å²) in [6.45, 7) is 5.09. The predicted octanol–water partition coefficient (Wildman–Crippen LogP) is 0.590. The maximum atomic E-state index is 11.9. The van der Waals surface area contributed by atoms with Crippen LogP contribution in [0.4, 0.5) is 0 Å².